The van der Waals surface area contributed by atoms with Crippen molar-refractivity contribution in [2.24, 2.45) is 11.8 Å². The molecule has 0 bridgehead atoms. The van der Waals surface area contributed by atoms with E-state index < -0.39 is 11.7 Å². The normalized spacial score (nSPS) is 24.9. The molecule has 3 unspecified atom stereocenters. The zero-order valence-electron chi connectivity index (χ0n) is 12.0. The summed E-state index contributed by atoms with van der Waals surface area (Å²) in [7, 11) is 0. The van der Waals surface area contributed by atoms with Gasteiger partial charge in [-0.25, -0.2) is 0 Å². The van der Waals surface area contributed by atoms with E-state index in [1.54, 1.807) is 12.1 Å². The fraction of sp³-hybridized carbons (Fsp3) is 0.625. The Balaban J connectivity index is 2.04. The first kappa shape index (κ1) is 15.4. The van der Waals surface area contributed by atoms with Crippen molar-refractivity contribution in [3.8, 4) is 0 Å². The molecule has 2 rings (SSSR count). The highest BCUT2D eigenvalue weighted by atomic mass is 19.4. The number of rotatable bonds is 4. The van der Waals surface area contributed by atoms with Gasteiger partial charge in [0.25, 0.3) is 0 Å². The van der Waals surface area contributed by atoms with Gasteiger partial charge in [-0.05, 0) is 43.4 Å². The maximum atomic E-state index is 13.0. The van der Waals surface area contributed by atoms with Crippen LogP contribution in [0, 0.1) is 11.8 Å². The minimum Gasteiger partial charge on any atom is -0.310 e. The second-order valence-electron chi connectivity index (χ2n) is 5.88. The Morgan fingerprint density at radius 2 is 1.95 bits per heavy atom. The quantitative estimate of drug-likeness (QED) is 0.838. The van der Waals surface area contributed by atoms with Gasteiger partial charge in [0.05, 0.1) is 5.56 Å². The van der Waals surface area contributed by atoms with Crippen molar-refractivity contribution < 1.29 is 13.2 Å². The van der Waals surface area contributed by atoms with E-state index >= 15 is 0 Å². The molecule has 1 aromatic carbocycles. The molecule has 0 radical (unpaired) electrons. The van der Waals surface area contributed by atoms with Crippen molar-refractivity contribution in [2.45, 2.75) is 45.3 Å². The molecule has 1 nitrogen and oxygen atoms in total. The first-order valence-corrected chi connectivity index (χ1v) is 7.29. The fourth-order valence-electron chi connectivity index (χ4n) is 3.10. The van der Waals surface area contributed by atoms with Crippen molar-refractivity contribution in [2.75, 3.05) is 6.54 Å². The summed E-state index contributed by atoms with van der Waals surface area (Å²) in [6, 6.07) is 5.56. The van der Waals surface area contributed by atoms with Gasteiger partial charge in [0.1, 0.15) is 0 Å². The smallest absolute Gasteiger partial charge is 0.310 e. The summed E-state index contributed by atoms with van der Waals surface area (Å²) in [5.41, 5.74) is -0.190. The predicted molar refractivity (Wildman–Crippen MR) is 74.4 cm³/mol. The minimum atomic E-state index is -4.28. The number of hydrogen-bond acceptors (Lipinski definition) is 1. The summed E-state index contributed by atoms with van der Waals surface area (Å²) in [4.78, 5) is 0. The molecule has 1 aromatic rings. The summed E-state index contributed by atoms with van der Waals surface area (Å²) < 4.78 is 39.0. The molecule has 1 aliphatic rings. The first-order chi connectivity index (χ1) is 9.39. The average molecular weight is 285 g/mol. The predicted octanol–water partition coefficient (Wildman–Crippen LogP) is 4.79. The van der Waals surface area contributed by atoms with Crippen LogP contribution in [0.1, 0.15) is 50.3 Å². The topological polar surface area (TPSA) is 12.0 Å². The largest absolute Gasteiger partial charge is 0.416 e. The standard InChI is InChI=1S/C16H22F3N/c1-11-6-5-7-13(11)10-20-12(2)14-8-3-4-9-15(14)16(17,18)19/h3-4,8-9,11-13,20H,5-7,10H2,1-2H3. The Kier molecular flexibility index (Phi) is 4.74. The lowest BCUT2D eigenvalue weighted by molar-refractivity contribution is -0.138. The molecule has 0 aliphatic heterocycles. The lowest BCUT2D eigenvalue weighted by Gasteiger charge is -2.23. The summed E-state index contributed by atoms with van der Waals surface area (Å²) in [6.45, 7) is 4.84. The summed E-state index contributed by atoms with van der Waals surface area (Å²) in [5, 5.41) is 3.28. The molecular formula is C16H22F3N. The van der Waals surface area contributed by atoms with Gasteiger partial charge in [-0.2, -0.15) is 13.2 Å². The lowest BCUT2D eigenvalue weighted by atomic mass is 9.96. The molecule has 0 heterocycles. The van der Waals surface area contributed by atoms with Gasteiger partial charge in [-0.3, -0.25) is 0 Å². The van der Waals surface area contributed by atoms with Gasteiger partial charge >= 0.3 is 6.18 Å². The van der Waals surface area contributed by atoms with Crippen LogP contribution < -0.4 is 5.32 Å². The third kappa shape index (κ3) is 3.54. The van der Waals surface area contributed by atoms with E-state index in [4.69, 9.17) is 0 Å². The number of nitrogens with one attached hydrogen (secondary N) is 1. The second kappa shape index (κ2) is 6.17. The number of benzene rings is 1. The van der Waals surface area contributed by atoms with E-state index in [1.165, 1.54) is 25.3 Å². The Morgan fingerprint density at radius 3 is 2.55 bits per heavy atom. The molecular weight excluding hydrogens is 263 g/mol. The lowest BCUT2D eigenvalue weighted by Crippen LogP contribution is -2.28. The Bertz CT molecular complexity index is 442. The summed E-state index contributed by atoms with van der Waals surface area (Å²) in [6.07, 6.45) is -0.629. The van der Waals surface area contributed by atoms with Crippen LogP contribution in [0.3, 0.4) is 0 Å². The molecule has 0 spiro atoms. The molecule has 112 valence electrons. The summed E-state index contributed by atoms with van der Waals surface area (Å²) >= 11 is 0. The van der Waals surface area contributed by atoms with E-state index in [0.717, 1.165) is 12.6 Å². The molecule has 3 atom stereocenters. The molecule has 1 N–H and O–H groups in total. The van der Waals surface area contributed by atoms with E-state index in [-0.39, 0.29) is 6.04 Å². The van der Waals surface area contributed by atoms with Gasteiger partial charge in [0.2, 0.25) is 0 Å². The van der Waals surface area contributed by atoms with Crippen molar-refractivity contribution in [1.82, 2.24) is 5.32 Å². The van der Waals surface area contributed by atoms with Gasteiger partial charge in [0.15, 0.2) is 0 Å². The highest BCUT2D eigenvalue weighted by molar-refractivity contribution is 5.32. The maximum absolute atomic E-state index is 13.0. The first-order valence-electron chi connectivity index (χ1n) is 7.29. The van der Waals surface area contributed by atoms with Gasteiger partial charge in [-0.15, -0.1) is 0 Å². The molecule has 4 heteroatoms. The highest BCUT2D eigenvalue weighted by Gasteiger charge is 2.34. The van der Waals surface area contributed by atoms with Crippen LogP contribution in [0.2, 0.25) is 0 Å². The zero-order chi connectivity index (χ0) is 14.8. The number of hydrogen-bond donors (Lipinski definition) is 1. The molecule has 0 amide bonds. The monoisotopic (exact) mass is 285 g/mol. The Hall–Kier alpha value is -1.03. The van der Waals surface area contributed by atoms with Gasteiger partial charge in [-0.1, -0.05) is 38.0 Å². The molecule has 0 aromatic heterocycles. The van der Waals surface area contributed by atoms with Crippen LogP contribution in [0.5, 0.6) is 0 Å². The van der Waals surface area contributed by atoms with E-state index in [2.05, 4.69) is 12.2 Å². The summed E-state index contributed by atoms with van der Waals surface area (Å²) in [5.74, 6) is 1.27. The van der Waals surface area contributed by atoms with Crippen LogP contribution in [0.15, 0.2) is 24.3 Å². The minimum absolute atomic E-state index is 0.277. The SMILES string of the molecule is CC(NCC1CCCC1C)c1ccccc1C(F)(F)F. The third-order valence-corrected chi connectivity index (χ3v) is 4.46. The van der Waals surface area contributed by atoms with Gasteiger partial charge in [0, 0.05) is 6.04 Å². The van der Waals surface area contributed by atoms with Crippen LogP contribution in [-0.2, 0) is 6.18 Å². The second-order valence-corrected chi connectivity index (χ2v) is 5.88. The molecule has 1 saturated carbocycles. The molecule has 0 saturated heterocycles. The van der Waals surface area contributed by atoms with E-state index in [1.807, 2.05) is 6.92 Å². The van der Waals surface area contributed by atoms with Crippen LogP contribution in [0.25, 0.3) is 0 Å². The van der Waals surface area contributed by atoms with Crippen LogP contribution in [-0.4, -0.2) is 6.54 Å². The number of halogens is 3. The van der Waals surface area contributed by atoms with Crippen LogP contribution >= 0.6 is 0 Å². The average Bonchev–Trinajstić information content (AvgIpc) is 2.80. The van der Waals surface area contributed by atoms with E-state index in [9.17, 15) is 13.2 Å². The fourth-order valence-corrected chi connectivity index (χ4v) is 3.10. The van der Waals surface area contributed by atoms with Crippen molar-refractivity contribution in [3.63, 3.8) is 0 Å². The van der Waals surface area contributed by atoms with Crippen molar-refractivity contribution in [3.05, 3.63) is 35.4 Å². The number of alkyl halides is 3. The Morgan fingerprint density at radius 1 is 1.25 bits per heavy atom. The van der Waals surface area contributed by atoms with Crippen molar-refractivity contribution >= 4 is 0 Å². The molecule has 1 fully saturated rings. The van der Waals surface area contributed by atoms with Gasteiger partial charge < -0.3 is 5.32 Å². The maximum Gasteiger partial charge on any atom is 0.416 e. The molecule has 1 aliphatic carbocycles. The zero-order valence-corrected chi connectivity index (χ0v) is 12.0. The van der Waals surface area contributed by atoms with Crippen molar-refractivity contribution in [1.29, 1.82) is 0 Å². The molecule has 20 heavy (non-hydrogen) atoms. The van der Waals surface area contributed by atoms with Crippen LogP contribution in [0.4, 0.5) is 13.2 Å². The van der Waals surface area contributed by atoms with E-state index in [0.29, 0.717) is 17.4 Å². The third-order valence-electron chi connectivity index (χ3n) is 4.46. The Labute approximate surface area is 118 Å². The highest BCUT2D eigenvalue weighted by Crippen LogP contribution is 2.35.